The van der Waals surface area contributed by atoms with E-state index in [1.165, 1.54) is 16.7 Å². The van der Waals surface area contributed by atoms with Gasteiger partial charge in [0.25, 0.3) is 0 Å². The Bertz CT molecular complexity index is 474. The van der Waals surface area contributed by atoms with E-state index in [4.69, 9.17) is 11.6 Å². The van der Waals surface area contributed by atoms with Gasteiger partial charge in [-0.25, -0.2) is 0 Å². The molecule has 0 aliphatic carbocycles. The molecule has 0 unspecified atom stereocenters. The second kappa shape index (κ2) is 4.07. The summed E-state index contributed by atoms with van der Waals surface area (Å²) < 4.78 is 0. The number of rotatable bonds is 2. The van der Waals surface area contributed by atoms with Crippen molar-refractivity contribution in [3.8, 4) is 11.3 Å². The lowest BCUT2D eigenvalue weighted by molar-refractivity contribution is 1.04. The molecule has 1 N–H and O–H groups in total. The van der Waals surface area contributed by atoms with Crippen molar-refractivity contribution in [2.45, 2.75) is 19.7 Å². The Morgan fingerprint density at radius 3 is 2.73 bits per heavy atom. The first-order chi connectivity index (χ1) is 7.20. The SMILES string of the molecule is Cc1ccc(C)c(-c2cc(CCl)[nH]n2)c1. The molecule has 78 valence electrons. The van der Waals surface area contributed by atoms with Crippen LogP contribution in [0.2, 0.25) is 0 Å². The van der Waals surface area contributed by atoms with E-state index in [1.54, 1.807) is 0 Å². The van der Waals surface area contributed by atoms with Crippen molar-refractivity contribution in [2.75, 3.05) is 0 Å². The number of H-pyrrole nitrogens is 1. The highest BCUT2D eigenvalue weighted by Crippen LogP contribution is 2.23. The maximum atomic E-state index is 5.73. The number of aromatic amines is 1. The zero-order valence-corrected chi connectivity index (χ0v) is 9.60. The Labute approximate surface area is 94.3 Å². The van der Waals surface area contributed by atoms with E-state index < -0.39 is 0 Å². The highest BCUT2D eigenvalue weighted by molar-refractivity contribution is 6.16. The van der Waals surface area contributed by atoms with Crippen LogP contribution < -0.4 is 0 Å². The maximum absolute atomic E-state index is 5.73. The molecule has 0 amide bonds. The van der Waals surface area contributed by atoms with E-state index in [0.29, 0.717) is 5.88 Å². The molecule has 0 aliphatic rings. The molecule has 2 aromatic rings. The quantitative estimate of drug-likeness (QED) is 0.772. The summed E-state index contributed by atoms with van der Waals surface area (Å²) in [5, 5.41) is 7.17. The topological polar surface area (TPSA) is 28.7 Å². The average molecular weight is 221 g/mol. The molecule has 0 fully saturated rings. The van der Waals surface area contributed by atoms with Gasteiger partial charge in [0.15, 0.2) is 0 Å². The number of aryl methyl sites for hydroxylation is 2. The minimum Gasteiger partial charge on any atom is -0.281 e. The van der Waals surface area contributed by atoms with Crippen LogP contribution in [0.3, 0.4) is 0 Å². The number of benzene rings is 1. The fourth-order valence-corrected chi connectivity index (χ4v) is 1.72. The molecule has 0 saturated carbocycles. The maximum Gasteiger partial charge on any atom is 0.0926 e. The van der Waals surface area contributed by atoms with Crippen molar-refractivity contribution >= 4 is 11.6 Å². The van der Waals surface area contributed by atoms with Crippen LogP contribution in [0.25, 0.3) is 11.3 Å². The summed E-state index contributed by atoms with van der Waals surface area (Å²) in [5.41, 5.74) is 5.56. The summed E-state index contributed by atoms with van der Waals surface area (Å²) in [6.07, 6.45) is 0. The number of hydrogen-bond donors (Lipinski definition) is 1. The van der Waals surface area contributed by atoms with E-state index in [-0.39, 0.29) is 0 Å². The van der Waals surface area contributed by atoms with Gasteiger partial charge in [-0.15, -0.1) is 11.6 Å². The van der Waals surface area contributed by atoms with Gasteiger partial charge < -0.3 is 0 Å². The second-order valence-corrected chi connectivity index (χ2v) is 4.00. The van der Waals surface area contributed by atoms with Gasteiger partial charge in [0.05, 0.1) is 17.3 Å². The molecule has 1 aromatic carbocycles. The summed E-state index contributed by atoms with van der Waals surface area (Å²) in [4.78, 5) is 0. The molecular formula is C12H13ClN2. The monoisotopic (exact) mass is 220 g/mol. The standard InChI is InChI=1S/C12H13ClN2/c1-8-3-4-9(2)11(5-8)12-6-10(7-13)14-15-12/h3-6H,7H2,1-2H3,(H,14,15). The molecule has 0 radical (unpaired) electrons. The Morgan fingerprint density at radius 1 is 1.27 bits per heavy atom. The van der Waals surface area contributed by atoms with Gasteiger partial charge in [-0.1, -0.05) is 17.7 Å². The zero-order valence-electron chi connectivity index (χ0n) is 8.84. The van der Waals surface area contributed by atoms with Crippen LogP contribution in [0.1, 0.15) is 16.8 Å². The molecule has 0 aliphatic heterocycles. The Balaban J connectivity index is 2.48. The van der Waals surface area contributed by atoms with Gasteiger partial charge in [-0.05, 0) is 31.5 Å². The normalized spacial score (nSPS) is 10.6. The van der Waals surface area contributed by atoms with Crippen molar-refractivity contribution in [2.24, 2.45) is 0 Å². The molecule has 1 aromatic heterocycles. The molecular weight excluding hydrogens is 208 g/mol. The lowest BCUT2D eigenvalue weighted by Gasteiger charge is -2.03. The molecule has 15 heavy (non-hydrogen) atoms. The first-order valence-electron chi connectivity index (χ1n) is 4.88. The molecule has 0 bridgehead atoms. The van der Waals surface area contributed by atoms with Crippen LogP contribution in [0.5, 0.6) is 0 Å². The van der Waals surface area contributed by atoms with Crippen molar-refractivity contribution in [1.29, 1.82) is 0 Å². The van der Waals surface area contributed by atoms with Gasteiger partial charge in [-0.3, -0.25) is 5.10 Å². The van der Waals surface area contributed by atoms with Gasteiger partial charge in [0.2, 0.25) is 0 Å². The molecule has 1 heterocycles. The molecule has 0 saturated heterocycles. The van der Waals surface area contributed by atoms with Gasteiger partial charge in [-0.2, -0.15) is 5.10 Å². The van der Waals surface area contributed by atoms with Crippen LogP contribution >= 0.6 is 11.6 Å². The smallest absolute Gasteiger partial charge is 0.0926 e. The number of halogens is 1. The number of nitrogens with one attached hydrogen (secondary N) is 1. The lowest BCUT2D eigenvalue weighted by atomic mass is 10.0. The summed E-state index contributed by atoms with van der Waals surface area (Å²) in [5.74, 6) is 0.470. The molecule has 2 nitrogen and oxygen atoms in total. The predicted octanol–water partition coefficient (Wildman–Crippen LogP) is 3.43. The third-order valence-corrected chi connectivity index (χ3v) is 2.73. The summed E-state index contributed by atoms with van der Waals surface area (Å²) in [7, 11) is 0. The van der Waals surface area contributed by atoms with Gasteiger partial charge in [0.1, 0.15) is 0 Å². The number of aromatic nitrogens is 2. The minimum absolute atomic E-state index is 0.470. The second-order valence-electron chi connectivity index (χ2n) is 3.73. The summed E-state index contributed by atoms with van der Waals surface area (Å²) in [6, 6.07) is 8.35. The Morgan fingerprint density at radius 2 is 2.07 bits per heavy atom. The van der Waals surface area contributed by atoms with E-state index >= 15 is 0 Å². The van der Waals surface area contributed by atoms with Crippen molar-refractivity contribution < 1.29 is 0 Å². The van der Waals surface area contributed by atoms with E-state index in [0.717, 1.165) is 11.4 Å². The van der Waals surface area contributed by atoms with Gasteiger partial charge in [0, 0.05) is 5.56 Å². The average Bonchev–Trinajstić information content (AvgIpc) is 2.70. The van der Waals surface area contributed by atoms with Gasteiger partial charge >= 0.3 is 0 Å². The fraction of sp³-hybridized carbons (Fsp3) is 0.250. The summed E-state index contributed by atoms with van der Waals surface area (Å²) >= 11 is 5.73. The van der Waals surface area contributed by atoms with Crippen molar-refractivity contribution in [3.63, 3.8) is 0 Å². The zero-order chi connectivity index (χ0) is 10.8. The lowest BCUT2D eigenvalue weighted by Crippen LogP contribution is -1.84. The van der Waals surface area contributed by atoms with E-state index in [2.05, 4.69) is 42.2 Å². The third kappa shape index (κ3) is 2.05. The number of nitrogens with zero attached hydrogens (tertiary/aromatic N) is 1. The summed E-state index contributed by atoms with van der Waals surface area (Å²) in [6.45, 7) is 4.17. The number of hydrogen-bond acceptors (Lipinski definition) is 1. The van der Waals surface area contributed by atoms with Crippen LogP contribution in [0.4, 0.5) is 0 Å². The van der Waals surface area contributed by atoms with E-state index in [1.807, 2.05) is 6.07 Å². The van der Waals surface area contributed by atoms with Crippen LogP contribution in [-0.2, 0) is 5.88 Å². The Hall–Kier alpha value is -1.28. The van der Waals surface area contributed by atoms with Crippen molar-refractivity contribution in [1.82, 2.24) is 10.2 Å². The van der Waals surface area contributed by atoms with Crippen LogP contribution in [0, 0.1) is 13.8 Å². The largest absolute Gasteiger partial charge is 0.281 e. The highest BCUT2D eigenvalue weighted by atomic mass is 35.5. The predicted molar refractivity (Wildman–Crippen MR) is 63.1 cm³/mol. The van der Waals surface area contributed by atoms with E-state index in [9.17, 15) is 0 Å². The van der Waals surface area contributed by atoms with Crippen LogP contribution in [-0.4, -0.2) is 10.2 Å². The number of alkyl halides is 1. The first kappa shape index (κ1) is 10.2. The fourth-order valence-electron chi connectivity index (χ4n) is 1.58. The third-order valence-electron chi connectivity index (χ3n) is 2.44. The first-order valence-corrected chi connectivity index (χ1v) is 5.42. The van der Waals surface area contributed by atoms with Crippen LogP contribution in [0.15, 0.2) is 24.3 Å². The highest BCUT2D eigenvalue weighted by Gasteiger charge is 2.06. The Kier molecular flexibility index (Phi) is 2.78. The molecule has 0 atom stereocenters. The molecule has 0 spiro atoms. The molecule has 3 heteroatoms. The minimum atomic E-state index is 0.470. The van der Waals surface area contributed by atoms with Crippen molar-refractivity contribution in [3.05, 3.63) is 41.1 Å². The molecule has 2 rings (SSSR count).